The summed E-state index contributed by atoms with van der Waals surface area (Å²) in [4.78, 5) is 18.4. The molecule has 2 atom stereocenters. The fourth-order valence-corrected chi connectivity index (χ4v) is 3.57. The van der Waals surface area contributed by atoms with Crippen molar-refractivity contribution in [2.45, 2.75) is 25.7 Å². The Balaban J connectivity index is 1.69. The van der Waals surface area contributed by atoms with Gasteiger partial charge in [0.05, 0.1) is 6.33 Å². The second kappa shape index (κ2) is 3.93. The number of H-pyrrole nitrogens is 1. The van der Waals surface area contributed by atoms with Gasteiger partial charge < -0.3 is 9.88 Å². The summed E-state index contributed by atoms with van der Waals surface area (Å²) >= 11 is 0. The number of rotatable bonds is 1. The van der Waals surface area contributed by atoms with E-state index < -0.39 is 0 Å². The Hall–Kier alpha value is -1.65. The van der Waals surface area contributed by atoms with Gasteiger partial charge in [0, 0.05) is 13.1 Å². The van der Waals surface area contributed by atoms with Crippen molar-refractivity contribution in [3.63, 3.8) is 0 Å². The summed E-state index contributed by atoms with van der Waals surface area (Å²) in [5.74, 6) is 2.77. The molecule has 3 heterocycles. The molecule has 1 saturated carbocycles. The van der Waals surface area contributed by atoms with Gasteiger partial charge >= 0.3 is 0 Å². The van der Waals surface area contributed by atoms with E-state index in [0.717, 1.165) is 41.9 Å². The molecule has 1 aliphatic carbocycles. The molecule has 94 valence electrons. The molecule has 2 aromatic rings. The maximum Gasteiger partial charge on any atom is 0.182 e. The molecule has 0 unspecified atom stereocenters. The van der Waals surface area contributed by atoms with Crippen molar-refractivity contribution in [2.75, 3.05) is 18.0 Å². The zero-order valence-corrected chi connectivity index (χ0v) is 10.3. The average molecular weight is 243 g/mol. The number of aromatic amines is 1. The highest BCUT2D eigenvalue weighted by Gasteiger charge is 2.35. The van der Waals surface area contributed by atoms with Gasteiger partial charge in [-0.3, -0.25) is 0 Å². The van der Waals surface area contributed by atoms with Crippen molar-refractivity contribution in [2.24, 2.45) is 11.8 Å². The summed E-state index contributed by atoms with van der Waals surface area (Å²) in [6, 6.07) is 0. The van der Waals surface area contributed by atoms with Crippen molar-refractivity contribution >= 4 is 17.0 Å². The van der Waals surface area contributed by atoms with E-state index in [0.29, 0.717) is 0 Å². The van der Waals surface area contributed by atoms with E-state index in [4.69, 9.17) is 0 Å². The molecule has 18 heavy (non-hydrogen) atoms. The fourth-order valence-electron chi connectivity index (χ4n) is 3.57. The summed E-state index contributed by atoms with van der Waals surface area (Å²) in [5, 5.41) is 0. The third kappa shape index (κ3) is 1.50. The minimum absolute atomic E-state index is 0.773. The highest BCUT2D eigenvalue weighted by molar-refractivity contribution is 5.82. The molecule has 5 nitrogen and oxygen atoms in total. The lowest BCUT2D eigenvalue weighted by atomic mass is 9.82. The van der Waals surface area contributed by atoms with Crippen molar-refractivity contribution in [1.82, 2.24) is 19.9 Å². The summed E-state index contributed by atoms with van der Waals surface area (Å²) in [5.41, 5.74) is 1.76. The Kier molecular flexibility index (Phi) is 2.25. The van der Waals surface area contributed by atoms with Gasteiger partial charge in [0.15, 0.2) is 11.5 Å². The van der Waals surface area contributed by atoms with Gasteiger partial charge in [0.25, 0.3) is 0 Å². The molecule has 1 aliphatic heterocycles. The van der Waals surface area contributed by atoms with E-state index in [2.05, 4.69) is 24.8 Å². The molecule has 1 N–H and O–H groups in total. The Bertz CT molecular complexity index is 549. The van der Waals surface area contributed by atoms with Crippen molar-refractivity contribution in [3.05, 3.63) is 12.7 Å². The van der Waals surface area contributed by atoms with Gasteiger partial charge in [-0.15, -0.1) is 0 Å². The number of hydrogen-bond acceptors (Lipinski definition) is 4. The molecule has 2 aliphatic rings. The van der Waals surface area contributed by atoms with Gasteiger partial charge in [-0.2, -0.15) is 0 Å². The van der Waals surface area contributed by atoms with Crippen LogP contribution in [0.5, 0.6) is 0 Å². The minimum atomic E-state index is 0.773. The third-order valence-corrected chi connectivity index (χ3v) is 4.48. The maximum absolute atomic E-state index is 4.46. The number of fused-ring (bicyclic) bond motifs is 2. The van der Waals surface area contributed by atoms with E-state index in [-0.39, 0.29) is 0 Å². The van der Waals surface area contributed by atoms with Gasteiger partial charge in [0.2, 0.25) is 0 Å². The molecule has 1 saturated heterocycles. The zero-order valence-electron chi connectivity index (χ0n) is 10.3. The highest BCUT2D eigenvalue weighted by atomic mass is 15.2. The van der Waals surface area contributed by atoms with Crippen molar-refractivity contribution in [3.8, 4) is 0 Å². The topological polar surface area (TPSA) is 57.7 Å². The highest BCUT2D eigenvalue weighted by Crippen LogP contribution is 2.38. The van der Waals surface area contributed by atoms with Crippen molar-refractivity contribution < 1.29 is 0 Å². The van der Waals surface area contributed by atoms with Crippen LogP contribution >= 0.6 is 0 Å². The normalized spacial score (nSPS) is 27.7. The molecule has 0 aromatic carbocycles. The molecule has 4 rings (SSSR count). The Morgan fingerprint density at radius 3 is 2.61 bits per heavy atom. The fraction of sp³-hybridized carbons (Fsp3) is 0.615. The molecular weight excluding hydrogens is 226 g/mol. The Labute approximate surface area is 106 Å². The number of hydrogen-bond donors (Lipinski definition) is 1. The monoisotopic (exact) mass is 243 g/mol. The van der Waals surface area contributed by atoms with E-state index in [1.165, 1.54) is 25.7 Å². The van der Waals surface area contributed by atoms with Crippen molar-refractivity contribution in [1.29, 1.82) is 0 Å². The average Bonchev–Trinajstić information content (AvgIpc) is 3.04. The first-order chi connectivity index (χ1) is 8.92. The molecule has 0 spiro atoms. The van der Waals surface area contributed by atoms with Gasteiger partial charge in [-0.05, 0) is 24.7 Å². The number of nitrogens with zero attached hydrogens (tertiary/aromatic N) is 4. The standard InChI is InChI=1S/C13H17N5/c1-2-4-10-6-18(5-9(10)3-1)13-11-12(15-7-14-11)16-8-17-13/h7-10H,1-6H2,(H,14,15,16,17)/t9-,10+. The summed E-state index contributed by atoms with van der Waals surface area (Å²) in [6.07, 6.45) is 8.90. The van der Waals surface area contributed by atoms with E-state index in [1.54, 1.807) is 12.7 Å². The molecule has 0 radical (unpaired) electrons. The largest absolute Gasteiger partial charge is 0.354 e. The summed E-state index contributed by atoms with van der Waals surface area (Å²) < 4.78 is 0. The maximum atomic E-state index is 4.46. The van der Waals surface area contributed by atoms with E-state index in [1.807, 2.05) is 0 Å². The lowest BCUT2D eigenvalue weighted by Gasteiger charge is -2.22. The van der Waals surface area contributed by atoms with Gasteiger partial charge in [-0.1, -0.05) is 12.8 Å². The molecule has 2 aromatic heterocycles. The van der Waals surface area contributed by atoms with Crippen LogP contribution in [0.15, 0.2) is 12.7 Å². The molecule has 5 heteroatoms. The van der Waals surface area contributed by atoms with Crippen LogP contribution in [0.1, 0.15) is 25.7 Å². The molecule has 0 bridgehead atoms. The smallest absolute Gasteiger partial charge is 0.182 e. The van der Waals surface area contributed by atoms with Crippen LogP contribution < -0.4 is 4.90 Å². The van der Waals surface area contributed by atoms with E-state index in [9.17, 15) is 0 Å². The predicted octanol–water partition coefficient (Wildman–Crippen LogP) is 1.98. The van der Waals surface area contributed by atoms with Crippen LogP contribution in [0, 0.1) is 11.8 Å². The number of anilines is 1. The second-order valence-electron chi connectivity index (χ2n) is 5.51. The van der Waals surface area contributed by atoms with Crippen LogP contribution in [-0.4, -0.2) is 33.0 Å². The first kappa shape index (κ1) is 10.3. The Morgan fingerprint density at radius 1 is 1.06 bits per heavy atom. The quantitative estimate of drug-likeness (QED) is 0.832. The summed E-state index contributed by atoms with van der Waals surface area (Å²) in [7, 11) is 0. The number of nitrogens with one attached hydrogen (secondary N) is 1. The van der Waals surface area contributed by atoms with Gasteiger partial charge in [-0.25, -0.2) is 15.0 Å². The first-order valence-electron chi connectivity index (χ1n) is 6.81. The lowest BCUT2D eigenvalue weighted by molar-refractivity contribution is 0.299. The van der Waals surface area contributed by atoms with Crippen LogP contribution in [0.4, 0.5) is 5.82 Å². The summed E-state index contributed by atoms with van der Waals surface area (Å²) in [6.45, 7) is 2.30. The van der Waals surface area contributed by atoms with Crippen LogP contribution in [-0.2, 0) is 0 Å². The minimum Gasteiger partial charge on any atom is -0.354 e. The molecular formula is C13H17N5. The molecule has 0 amide bonds. The lowest BCUT2D eigenvalue weighted by Crippen LogP contribution is -2.21. The third-order valence-electron chi connectivity index (χ3n) is 4.48. The van der Waals surface area contributed by atoms with Crippen LogP contribution in [0.3, 0.4) is 0 Å². The predicted molar refractivity (Wildman–Crippen MR) is 69.3 cm³/mol. The number of imidazole rings is 1. The first-order valence-corrected chi connectivity index (χ1v) is 6.81. The van der Waals surface area contributed by atoms with Gasteiger partial charge in [0.1, 0.15) is 11.8 Å². The SMILES string of the molecule is c1nc(N2C[C@H]3CCCC[C@H]3C2)c2[nH]cnc2n1. The van der Waals surface area contributed by atoms with Crippen LogP contribution in [0.25, 0.3) is 11.2 Å². The zero-order chi connectivity index (χ0) is 11.9. The Morgan fingerprint density at radius 2 is 1.83 bits per heavy atom. The van der Waals surface area contributed by atoms with E-state index >= 15 is 0 Å². The number of aromatic nitrogens is 4. The van der Waals surface area contributed by atoms with Crippen LogP contribution in [0.2, 0.25) is 0 Å². The second-order valence-corrected chi connectivity index (χ2v) is 5.51. The molecule has 2 fully saturated rings.